The molecule has 21 heavy (non-hydrogen) atoms. The van der Waals surface area contributed by atoms with E-state index < -0.39 is 11.6 Å². The van der Waals surface area contributed by atoms with Crippen LogP contribution >= 0.6 is 0 Å². The van der Waals surface area contributed by atoms with E-state index in [1.807, 2.05) is 13.8 Å². The van der Waals surface area contributed by atoms with Crippen molar-refractivity contribution in [2.45, 2.75) is 39.4 Å². The number of ether oxygens (including phenoxy) is 1. The van der Waals surface area contributed by atoms with Crippen LogP contribution < -0.4 is 0 Å². The van der Waals surface area contributed by atoms with Gasteiger partial charge in [-0.3, -0.25) is 9.59 Å². The molecule has 0 radical (unpaired) electrons. The summed E-state index contributed by atoms with van der Waals surface area (Å²) < 4.78 is 5.68. The Morgan fingerprint density at radius 3 is 2.52 bits per heavy atom. The average Bonchev–Trinajstić information content (AvgIpc) is 2.41. The molecule has 0 unspecified atom stereocenters. The maximum absolute atomic E-state index is 12.1. The van der Waals surface area contributed by atoms with Gasteiger partial charge in [0.1, 0.15) is 11.5 Å². The van der Waals surface area contributed by atoms with E-state index in [2.05, 4.69) is 0 Å². The number of aliphatic hydroxyl groups is 1. The summed E-state index contributed by atoms with van der Waals surface area (Å²) in [7, 11) is 0. The molecule has 2 atom stereocenters. The third-order valence-electron chi connectivity index (χ3n) is 4.16. The summed E-state index contributed by atoms with van der Waals surface area (Å²) >= 11 is 0. The predicted molar refractivity (Wildman–Crippen MR) is 75.3 cm³/mol. The SMILES string of the molecule is CC1=C(O)c2c(cc3c(c2O)[C@H](C)O[C@H](C)C3)C(=O)C1=O. The van der Waals surface area contributed by atoms with Crippen LogP contribution in [0.3, 0.4) is 0 Å². The summed E-state index contributed by atoms with van der Waals surface area (Å²) in [6.45, 7) is 5.09. The van der Waals surface area contributed by atoms with Crippen LogP contribution in [0.15, 0.2) is 11.6 Å². The largest absolute Gasteiger partial charge is 0.507 e. The number of aromatic hydroxyl groups is 1. The highest BCUT2D eigenvalue weighted by atomic mass is 16.5. The number of rotatable bonds is 0. The van der Waals surface area contributed by atoms with Crippen molar-refractivity contribution in [3.63, 3.8) is 0 Å². The lowest BCUT2D eigenvalue weighted by Crippen LogP contribution is -2.27. The van der Waals surface area contributed by atoms with Crippen molar-refractivity contribution in [1.82, 2.24) is 0 Å². The maximum Gasteiger partial charge on any atom is 0.234 e. The van der Waals surface area contributed by atoms with Gasteiger partial charge >= 0.3 is 0 Å². The monoisotopic (exact) mass is 288 g/mol. The van der Waals surface area contributed by atoms with Gasteiger partial charge in [-0.15, -0.1) is 0 Å². The second kappa shape index (κ2) is 4.43. The Labute approximate surface area is 121 Å². The van der Waals surface area contributed by atoms with E-state index in [4.69, 9.17) is 4.74 Å². The first-order chi connectivity index (χ1) is 9.82. The number of carbonyl (C=O) groups excluding carboxylic acids is 2. The molecule has 2 N–H and O–H groups in total. The van der Waals surface area contributed by atoms with Gasteiger partial charge in [-0.1, -0.05) is 0 Å². The lowest BCUT2D eigenvalue weighted by molar-refractivity contribution is -0.111. The molecule has 1 aliphatic carbocycles. The van der Waals surface area contributed by atoms with Crippen LogP contribution in [-0.2, 0) is 16.0 Å². The highest BCUT2D eigenvalue weighted by Gasteiger charge is 2.37. The number of Topliss-reactive ketones (excluding diaryl/α,β-unsaturated/α-hetero) is 2. The second-order valence-corrected chi connectivity index (χ2v) is 5.65. The lowest BCUT2D eigenvalue weighted by Gasteiger charge is -2.31. The summed E-state index contributed by atoms with van der Waals surface area (Å²) in [6.07, 6.45) is 0.172. The molecule has 3 rings (SSSR count). The molecular formula is C16H16O5. The molecule has 0 aromatic heterocycles. The first kappa shape index (κ1) is 13.8. The molecule has 1 heterocycles. The van der Waals surface area contributed by atoms with Gasteiger partial charge in [-0.05, 0) is 38.8 Å². The zero-order valence-corrected chi connectivity index (χ0v) is 12.1. The summed E-state index contributed by atoms with van der Waals surface area (Å²) in [4.78, 5) is 24.0. The van der Waals surface area contributed by atoms with E-state index in [0.29, 0.717) is 12.0 Å². The number of allylic oxidation sites excluding steroid dienone is 1. The molecule has 0 amide bonds. The molecule has 0 bridgehead atoms. The first-order valence-corrected chi connectivity index (χ1v) is 6.86. The number of phenols is 1. The summed E-state index contributed by atoms with van der Waals surface area (Å²) in [6, 6.07) is 1.60. The zero-order valence-electron chi connectivity index (χ0n) is 12.1. The molecule has 0 spiro atoms. The van der Waals surface area contributed by atoms with Gasteiger partial charge in [0.25, 0.3) is 0 Å². The Morgan fingerprint density at radius 1 is 1.19 bits per heavy atom. The van der Waals surface area contributed by atoms with E-state index in [-0.39, 0.29) is 40.4 Å². The van der Waals surface area contributed by atoms with Crippen molar-refractivity contribution < 1.29 is 24.5 Å². The summed E-state index contributed by atoms with van der Waals surface area (Å²) in [5.41, 5.74) is 1.43. The minimum Gasteiger partial charge on any atom is -0.507 e. The molecule has 110 valence electrons. The van der Waals surface area contributed by atoms with Crippen molar-refractivity contribution in [2.24, 2.45) is 0 Å². The number of fused-ring (bicyclic) bond motifs is 2. The lowest BCUT2D eigenvalue weighted by atomic mass is 9.82. The van der Waals surface area contributed by atoms with Gasteiger partial charge in [0.2, 0.25) is 11.6 Å². The topological polar surface area (TPSA) is 83.8 Å². The van der Waals surface area contributed by atoms with Crippen LogP contribution in [-0.4, -0.2) is 27.9 Å². The minimum absolute atomic E-state index is 0.0368. The quantitative estimate of drug-likeness (QED) is 0.716. The Balaban J connectivity index is 2.34. The van der Waals surface area contributed by atoms with E-state index in [1.54, 1.807) is 6.07 Å². The Hall–Kier alpha value is -2.14. The third kappa shape index (κ3) is 1.81. The number of aliphatic hydroxyl groups excluding tert-OH is 1. The molecule has 0 fully saturated rings. The molecule has 5 heteroatoms. The van der Waals surface area contributed by atoms with Crippen molar-refractivity contribution >= 4 is 17.3 Å². The Bertz CT molecular complexity index is 714. The number of phenolic OH excluding ortho intramolecular Hbond substituents is 1. The van der Waals surface area contributed by atoms with Crippen molar-refractivity contribution in [3.05, 3.63) is 33.9 Å². The second-order valence-electron chi connectivity index (χ2n) is 5.65. The van der Waals surface area contributed by atoms with Gasteiger partial charge in [0, 0.05) is 16.7 Å². The molecular weight excluding hydrogens is 272 g/mol. The van der Waals surface area contributed by atoms with Crippen LogP contribution in [0.4, 0.5) is 0 Å². The molecule has 0 saturated carbocycles. The average molecular weight is 288 g/mol. The van der Waals surface area contributed by atoms with E-state index >= 15 is 0 Å². The predicted octanol–water partition coefficient (Wildman–Crippen LogP) is 2.47. The number of carbonyl (C=O) groups is 2. The maximum atomic E-state index is 12.1. The normalized spacial score (nSPS) is 24.9. The number of hydrogen-bond acceptors (Lipinski definition) is 5. The fourth-order valence-corrected chi connectivity index (χ4v) is 3.14. The number of ketones is 2. The molecule has 1 aliphatic heterocycles. The highest BCUT2D eigenvalue weighted by Crippen LogP contribution is 2.44. The van der Waals surface area contributed by atoms with Crippen molar-refractivity contribution in [2.75, 3.05) is 0 Å². The van der Waals surface area contributed by atoms with Crippen molar-refractivity contribution in [3.8, 4) is 5.75 Å². The van der Waals surface area contributed by atoms with Crippen LogP contribution in [0.1, 0.15) is 53.9 Å². The van der Waals surface area contributed by atoms with Gasteiger partial charge in [0.15, 0.2) is 0 Å². The molecule has 5 nitrogen and oxygen atoms in total. The van der Waals surface area contributed by atoms with Crippen LogP contribution in [0.2, 0.25) is 0 Å². The smallest absolute Gasteiger partial charge is 0.234 e. The highest BCUT2D eigenvalue weighted by molar-refractivity contribution is 6.52. The molecule has 1 aromatic rings. The minimum atomic E-state index is -0.729. The van der Waals surface area contributed by atoms with E-state index in [0.717, 1.165) is 5.56 Å². The van der Waals surface area contributed by atoms with Crippen LogP contribution in [0, 0.1) is 0 Å². The number of hydrogen-bond donors (Lipinski definition) is 2. The fourth-order valence-electron chi connectivity index (χ4n) is 3.14. The summed E-state index contributed by atoms with van der Waals surface area (Å²) in [5, 5.41) is 20.6. The standard InChI is InChI=1S/C16H16O5/c1-6-4-9-5-10-12(16(20)11(9)8(3)21-6)13(17)7(2)14(18)15(10)19/h5-6,8,17,20H,4H2,1-3H3/t6-,8+/m1/s1. The molecule has 0 saturated heterocycles. The van der Waals surface area contributed by atoms with Gasteiger partial charge in [-0.25, -0.2) is 0 Å². The zero-order chi connectivity index (χ0) is 15.5. The van der Waals surface area contributed by atoms with Crippen LogP contribution in [0.25, 0.3) is 5.76 Å². The molecule has 2 aliphatic rings. The Kier molecular flexibility index (Phi) is 2.92. The van der Waals surface area contributed by atoms with Gasteiger partial charge < -0.3 is 14.9 Å². The Morgan fingerprint density at radius 2 is 1.86 bits per heavy atom. The van der Waals surface area contributed by atoms with Crippen molar-refractivity contribution in [1.29, 1.82) is 0 Å². The number of benzene rings is 1. The summed E-state index contributed by atoms with van der Waals surface area (Å²) in [5.74, 6) is -1.92. The molecule has 1 aromatic carbocycles. The van der Waals surface area contributed by atoms with Gasteiger partial charge in [-0.2, -0.15) is 0 Å². The van der Waals surface area contributed by atoms with Gasteiger partial charge in [0.05, 0.1) is 17.8 Å². The fraction of sp³-hybridized carbons (Fsp3) is 0.375. The van der Waals surface area contributed by atoms with E-state index in [1.165, 1.54) is 6.92 Å². The van der Waals surface area contributed by atoms with E-state index in [9.17, 15) is 19.8 Å². The third-order valence-corrected chi connectivity index (χ3v) is 4.16. The van der Waals surface area contributed by atoms with Crippen LogP contribution in [0.5, 0.6) is 5.75 Å². The first-order valence-electron chi connectivity index (χ1n) is 6.86.